The van der Waals surface area contributed by atoms with Crippen molar-refractivity contribution < 1.29 is 4.79 Å². The van der Waals surface area contributed by atoms with E-state index in [0.29, 0.717) is 6.42 Å². The highest BCUT2D eigenvalue weighted by Crippen LogP contribution is 2.30. The lowest BCUT2D eigenvalue weighted by molar-refractivity contribution is -0.122. The molecule has 1 rings (SSSR count). The second kappa shape index (κ2) is 4.12. The molecule has 1 saturated carbocycles. The molecule has 13 heavy (non-hydrogen) atoms. The summed E-state index contributed by atoms with van der Waals surface area (Å²) in [5.74, 6) is 1.05. The predicted molar refractivity (Wildman–Crippen MR) is 54.5 cm³/mol. The molecule has 0 bridgehead atoms. The molecule has 0 aliphatic heterocycles. The maximum Gasteiger partial charge on any atom is 0.220 e. The quantitative estimate of drug-likeness (QED) is 0.715. The summed E-state index contributed by atoms with van der Waals surface area (Å²) in [4.78, 5) is 11.4. The highest BCUT2D eigenvalue weighted by molar-refractivity contribution is 5.76. The Kier molecular flexibility index (Phi) is 3.34. The zero-order chi connectivity index (χ0) is 9.90. The third-order valence-electron chi connectivity index (χ3n) is 2.52. The van der Waals surface area contributed by atoms with Gasteiger partial charge in [0, 0.05) is 12.0 Å². The number of hydrogen-bond acceptors (Lipinski definition) is 1. The summed E-state index contributed by atoms with van der Waals surface area (Å²) >= 11 is 0. The molecule has 0 radical (unpaired) electrons. The standard InChI is InChI=1S/C11H21NO/c1-11(2,3)12-10(13)8-7-9-5-4-6-9/h9H,4-8H2,1-3H3,(H,12,13). The third kappa shape index (κ3) is 4.30. The monoisotopic (exact) mass is 183 g/mol. The van der Waals surface area contributed by atoms with E-state index in [9.17, 15) is 4.79 Å². The van der Waals surface area contributed by atoms with Crippen molar-refractivity contribution in [2.24, 2.45) is 5.92 Å². The maximum atomic E-state index is 11.4. The minimum absolute atomic E-state index is 0.0727. The summed E-state index contributed by atoms with van der Waals surface area (Å²) in [6, 6.07) is 0. The van der Waals surface area contributed by atoms with Crippen LogP contribution >= 0.6 is 0 Å². The van der Waals surface area contributed by atoms with E-state index in [-0.39, 0.29) is 11.4 Å². The van der Waals surface area contributed by atoms with Crippen LogP contribution in [-0.2, 0) is 4.79 Å². The molecule has 2 heteroatoms. The van der Waals surface area contributed by atoms with Crippen molar-refractivity contribution in [3.05, 3.63) is 0 Å². The van der Waals surface area contributed by atoms with Crippen LogP contribution < -0.4 is 5.32 Å². The highest BCUT2D eigenvalue weighted by Gasteiger charge is 2.19. The van der Waals surface area contributed by atoms with Gasteiger partial charge in [0.05, 0.1) is 0 Å². The van der Waals surface area contributed by atoms with Gasteiger partial charge in [0.2, 0.25) is 5.91 Å². The number of rotatable bonds is 3. The van der Waals surface area contributed by atoms with Crippen molar-refractivity contribution in [2.75, 3.05) is 0 Å². The van der Waals surface area contributed by atoms with E-state index in [1.807, 2.05) is 20.8 Å². The lowest BCUT2D eigenvalue weighted by atomic mass is 9.82. The average Bonchev–Trinajstić information content (AvgIpc) is 1.78. The van der Waals surface area contributed by atoms with Crippen molar-refractivity contribution in [1.29, 1.82) is 0 Å². The second-order valence-electron chi connectivity index (χ2n) is 5.13. The largest absolute Gasteiger partial charge is 0.352 e. The lowest BCUT2D eigenvalue weighted by Gasteiger charge is -2.26. The first-order valence-corrected chi connectivity index (χ1v) is 5.28. The van der Waals surface area contributed by atoms with Gasteiger partial charge >= 0.3 is 0 Å². The number of carbonyl (C=O) groups excluding carboxylic acids is 1. The smallest absolute Gasteiger partial charge is 0.220 e. The van der Waals surface area contributed by atoms with Crippen LogP contribution in [0.3, 0.4) is 0 Å². The lowest BCUT2D eigenvalue weighted by Crippen LogP contribution is -2.40. The Hall–Kier alpha value is -0.530. The summed E-state index contributed by atoms with van der Waals surface area (Å²) < 4.78 is 0. The van der Waals surface area contributed by atoms with E-state index >= 15 is 0 Å². The minimum atomic E-state index is -0.0727. The van der Waals surface area contributed by atoms with Crippen LogP contribution in [0.2, 0.25) is 0 Å². The number of carbonyl (C=O) groups is 1. The first-order chi connectivity index (χ1) is 5.97. The number of hydrogen-bond donors (Lipinski definition) is 1. The molecular weight excluding hydrogens is 162 g/mol. The van der Waals surface area contributed by atoms with Gasteiger partial charge in [-0.25, -0.2) is 0 Å². The van der Waals surface area contributed by atoms with Gasteiger partial charge < -0.3 is 5.32 Å². The Morgan fingerprint density at radius 2 is 2.00 bits per heavy atom. The van der Waals surface area contributed by atoms with Crippen LogP contribution in [0, 0.1) is 5.92 Å². The van der Waals surface area contributed by atoms with Gasteiger partial charge in [0.15, 0.2) is 0 Å². The van der Waals surface area contributed by atoms with Gasteiger partial charge in [0.25, 0.3) is 0 Å². The minimum Gasteiger partial charge on any atom is -0.352 e. The first-order valence-electron chi connectivity index (χ1n) is 5.28. The van der Waals surface area contributed by atoms with Crippen molar-refractivity contribution in [2.45, 2.75) is 58.4 Å². The van der Waals surface area contributed by atoms with Gasteiger partial charge in [-0.1, -0.05) is 19.3 Å². The highest BCUT2D eigenvalue weighted by atomic mass is 16.1. The van der Waals surface area contributed by atoms with Gasteiger partial charge in [-0.15, -0.1) is 0 Å². The van der Waals surface area contributed by atoms with Crippen LogP contribution in [0.5, 0.6) is 0 Å². The van der Waals surface area contributed by atoms with Gasteiger partial charge in [0.1, 0.15) is 0 Å². The van der Waals surface area contributed by atoms with E-state index in [1.54, 1.807) is 0 Å². The zero-order valence-corrected chi connectivity index (χ0v) is 9.02. The molecule has 0 saturated heterocycles. The fraction of sp³-hybridized carbons (Fsp3) is 0.909. The van der Waals surface area contributed by atoms with Crippen molar-refractivity contribution in [3.63, 3.8) is 0 Å². The SMILES string of the molecule is CC(C)(C)NC(=O)CCC1CCC1. The maximum absolute atomic E-state index is 11.4. The summed E-state index contributed by atoms with van der Waals surface area (Å²) in [6.45, 7) is 6.07. The molecule has 0 spiro atoms. The molecule has 1 fully saturated rings. The Bertz CT molecular complexity index is 177. The van der Waals surface area contributed by atoms with Crippen molar-refractivity contribution in [1.82, 2.24) is 5.32 Å². The van der Waals surface area contributed by atoms with Crippen LogP contribution in [0.4, 0.5) is 0 Å². The fourth-order valence-electron chi connectivity index (χ4n) is 1.60. The van der Waals surface area contributed by atoms with E-state index in [4.69, 9.17) is 0 Å². The molecule has 0 aromatic rings. The predicted octanol–water partition coefficient (Wildman–Crippen LogP) is 2.48. The molecule has 1 N–H and O–H groups in total. The van der Waals surface area contributed by atoms with E-state index in [2.05, 4.69) is 5.32 Å². The normalized spacial score (nSPS) is 18.1. The molecule has 0 aromatic heterocycles. The summed E-state index contributed by atoms with van der Waals surface area (Å²) in [7, 11) is 0. The first kappa shape index (κ1) is 10.6. The molecule has 0 heterocycles. The molecule has 0 unspecified atom stereocenters. The van der Waals surface area contributed by atoms with E-state index < -0.39 is 0 Å². The number of amides is 1. The summed E-state index contributed by atoms with van der Waals surface area (Å²) in [6.07, 6.45) is 5.83. The van der Waals surface area contributed by atoms with Gasteiger partial charge in [-0.05, 0) is 33.1 Å². The van der Waals surface area contributed by atoms with Crippen molar-refractivity contribution in [3.8, 4) is 0 Å². The van der Waals surface area contributed by atoms with Crippen LogP contribution in [-0.4, -0.2) is 11.4 Å². The van der Waals surface area contributed by atoms with Gasteiger partial charge in [-0.3, -0.25) is 4.79 Å². The zero-order valence-electron chi connectivity index (χ0n) is 9.02. The van der Waals surface area contributed by atoms with Gasteiger partial charge in [-0.2, -0.15) is 0 Å². The topological polar surface area (TPSA) is 29.1 Å². The molecule has 0 aromatic carbocycles. The third-order valence-corrected chi connectivity index (χ3v) is 2.52. The molecule has 1 aliphatic rings. The molecule has 1 aliphatic carbocycles. The Morgan fingerprint density at radius 1 is 1.38 bits per heavy atom. The summed E-state index contributed by atoms with van der Waals surface area (Å²) in [5.41, 5.74) is -0.0727. The molecule has 76 valence electrons. The Balaban J connectivity index is 2.10. The van der Waals surface area contributed by atoms with E-state index in [0.717, 1.165) is 12.3 Å². The van der Waals surface area contributed by atoms with Crippen LogP contribution in [0.15, 0.2) is 0 Å². The average molecular weight is 183 g/mol. The molecule has 2 nitrogen and oxygen atoms in total. The van der Waals surface area contributed by atoms with E-state index in [1.165, 1.54) is 19.3 Å². The molecule has 1 amide bonds. The van der Waals surface area contributed by atoms with Crippen LogP contribution in [0.1, 0.15) is 52.9 Å². The molecular formula is C11H21NO. The Labute approximate surface area is 81.1 Å². The second-order valence-corrected chi connectivity index (χ2v) is 5.13. The van der Waals surface area contributed by atoms with Crippen molar-refractivity contribution >= 4 is 5.91 Å². The fourth-order valence-corrected chi connectivity index (χ4v) is 1.60. The number of nitrogens with one attached hydrogen (secondary N) is 1. The Morgan fingerprint density at radius 3 is 2.38 bits per heavy atom. The van der Waals surface area contributed by atoms with Crippen LogP contribution in [0.25, 0.3) is 0 Å². The molecule has 0 atom stereocenters. The summed E-state index contributed by atoms with van der Waals surface area (Å²) in [5, 5.41) is 2.98.